The number of rotatable bonds is 5. The summed E-state index contributed by atoms with van der Waals surface area (Å²) in [6, 6.07) is 9.45. The highest BCUT2D eigenvalue weighted by molar-refractivity contribution is 5.76. The van der Waals surface area contributed by atoms with Crippen LogP contribution in [0, 0.1) is 0 Å². The number of carbonyl (C=O) groups excluding carboxylic acids is 1. The lowest BCUT2D eigenvalue weighted by Gasteiger charge is -2.17. The Morgan fingerprint density at radius 2 is 2.10 bits per heavy atom. The van der Waals surface area contributed by atoms with Gasteiger partial charge in [0.05, 0.1) is 6.26 Å². The average Bonchev–Trinajstić information content (AvgIpc) is 3.15. The van der Waals surface area contributed by atoms with Crippen molar-refractivity contribution < 1.29 is 18.7 Å². The molecule has 0 unspecified atom stereocenters. The van der Waals surface area contributed by atoms with Gasteiger partial charge in [-0.1, -0.05) is 6.07 Å². The summed E-state index contributed by atoms with van der Waals surface area (Å²) in [6.45, 7) is 0.810. The van der Waals surface area contributed by atoms with Gasteiger partial charge >= 0.3 is 0 Å². The minimum Gasteiger partial charge on any atom is -0.469 e. The van der Waals surface area contributed by atoms with E-state index in [0.29, 0.717) is 19.4 Å². The Kier molecular flexibility index (Phi) is 3.81. The maximum atomic E-state index is 12.1. The van der Waals surface area contributed by atoms with Crippen molar-refractivity contribution in [3.63, 3.8) is 0 Å². The fraction of sp³-hybridized carbons (Fsp3) is 0.312. The number of hydrogen-bond donors (Lipinski definition) is 0. The van der Waals surface area contributed by atoms with Gasteiger partial charge in [0, 0.05) is 26.4 Å². The lowest BCUT2D eigenvalue weighted by atomic mass is 10.1. The number of nitrogens with zero attached hydrogens (tertiary/aromatic N) is 1. The lowest BCUT2D eigenvalue weighted by molar-refractivity contribution is -0.130. The molecule has 1 aromatic carbocycles. The van der Waals surface area contributed by atoms with E-state index in [1.807, 2.05) is 30.3 Å². The van der Waals surface area contributed by atoms with Crippen LogP contribution in [-0.4, -0.2) is 24.6 Å². The van der Waals surface area contributed by atoms with Gasteiger partial charge in [0.25, 0.3) is 0 Å². The standard InChI is InChI=1S/C16H17NO4/c1-17(16(18)7-5-13-3-2-8-19-13)10-12-4-6-14-15(9-12)21-11-20-14/h2-4,6,8-9H,5,7,10-11H2,1H3. The maximum absolute atomic E-state index is 12.1. The molecule has 0 radical (unpaired) electrons. The van der Waals surface area contributed by atoms with Crippen molar-refractivity contribution in [3.05, 3.63) is 47.9 Å². The van der Waals surface area contributed by atoms with Gasteiger partial charge in [-0.05, 0) is 29.8 Å². The molecule has 1 aliphatic heterocycles. The van der Waals surface area contributed by atoms with Gasteiger partial charge in [0.15, 0.2) is 11.5 Å². The van der Waals surface area contributed by atoms with Crippen LogP contribution in [0.25, 0.3) is 0 Å². The van der Waals surface area contributed by atoms with E-state index < -0.39 is 0 Å². The van der Waals surface area contributed by atoms with Crippen LogP contribution in [0.4, 0.5) is 0 Å². The second-order valence-corrected chi connectivity index (χ2v) is 5.02. The Morgan fingerprint density at radius 1 is 1.24 bits per heavy atom. The molecule has 3 rings (SSSR count). The van der Waals surface area contributed by atoms with Crippen LogP contribution in [0.15, 0.2) is 41.0 Å². The molecule has 0 aliphatic carbocycles. The number of hydrogen-bond acceptors (Lipinski definition) is 4. The predicted molar refractivity (Wildman–Crippen MR) is 76.1 cm³/mol. The Hall–Kier alpha value is -2.43. The van der Waals surface area contributed by atoms with Crippen molar-refractivity contribution in [2.75, 3.05) is 13.8 Å². The van der Waals surface area contributed by atoms with Gasteiger partial charge in [-0.25, -0.2) is 0 Å². The molecule has 1 amide bonds. The van der Waals surface area contributed by atoms with Crippen LogP contribution in [0.5, 0.6) is 11.5 Å². The SMILES string of the molecule is CN(Cc1ccc2c(c1)OCO2)C(=O)CCc1ccco1. The fourth-order valence-corrected chi connectivity index (χ4v) is 2.28. The number of benzene rings is 1. The van der Waals surface area contributed by atoms with E-state index in [1.165, 1.54) is 0 Å². The van der Waals surface area contributed by atoms with Crippen LogP contribution in [0.3, 0.4) is 0 Å². The van der Waals surface area contributed by atoms with Crippen LogP contribution in [-0.2, 0) is 17.8 Å². The first kappa shape index (κ1) is 13.5. The molecule has 0 saturated heterocycles. The summed E-state index contributed by atoms with van der Waals surface area (Å²) >= 11 is 0. The first-order chi connectivity index (χ1) is 10.2. The topological polar surface area (TPSA) is 51.9 Å². The number of furan rings is 1. The Labute approximate surface area is 123 Å². The van der Waals surface area contributed by atoms with E-state index in [-0.39, 0.29) is 12.7 Å². The summed E-state index contributed by atoms with van der Waals surface area (Å²) in [5.41, 5.74) is 1.02. The highest BCUT2D eigenvalue weighted by Gasteiger charge is 2.15. The molecule has 0 N–H and O–H groups in total. The molecule has 110 valence electrons. The van der Waals surface area contributed by atoms with E-state index in [2.05, 4.69) is 0 Å². The van der Waals surface area contributed by atoms with E-state index >= 15 is 0 Å². The molecular formula is C16H17NO4. The Morgan fingerprint density at radius 3 is 2.90 bits per heavy atom. The lowest BCUT2D eigenvalue weighted by Crippen LogP contribution is -2.26. The van der Waals surface area contributed by atoms with E-state index in [9.17, 15) is 4.79 Å². The zero-order chi connectivity index (χ0) is 14.7. The normalized spacial score (nSPS) is 12.4. The first-order valence-corrected chi connectivity index (χ1v) is 6.87. The van der Waals surface area contributed by atoms with E-state index in [1.54, 1.807) is 18.2 Å². The summed E-state index contributed by atoms with van der Waals surface area (Å²) < 4.78 is 15.8. The maximum Gasteiger partial charge on any atom is 0.231 e. The third-order valence-corrected chi connectivity index (χ3v) is 3.45. The van der Waals surface area contributed by atoms with Crippen LogP contribution >= 0.6 is 0 Å². The van der Waals surface area contributed by atoms with Crippen molar-refractivity contribution >= 4 is 5.91 Å². The average molecular weight is 287 g/mol. The fourth-order valence-electron chi connectivity index (χ4n) is 2.28. The second-order valence-electron chi connectivity index (χ2n) is 5.02. The zero-order valence-corrected chi connectivity index (χ0v) is 11.9. The summed E-state index contributed by atoms with van der Waals surface area (Å²) in [5, 5.41) is 0. The van der Waals surface area contributed by atoms with Gasteiger partial charge < -0.3 is 18.8 Å². The minimum atomic E-state index is 0.0871. The van der Waals surface area contributed by atoms with E-state index in [4.69, 9.17) is 13.9 Å². The summed E-state index contributed by atoms with van der Waals surface area (Å²) in [5.74, 6) is 2.42. The van der Waals surface area contributed by atoms with Crippen molar-refractivity contribution in [1.82, 2.24) is 4.90 Å². The van der Waals surface area contributed by atoms with Crippen LogP contribution in [0.2, 0.25) is 0 Å². The molecule has 0 bridgehead atoms. The molecule has 1 aliphatic rings. The first-order valence-electron chi connectivity index (χ1n) is 6.87. The van der Waals surface area contributed by atoms with Gasteiger partial charge in [0.2, 0.25) is 12.7 Å². The summed E-state index contributed by atoms with van der Waals surface area (Å²) in [7, 11) is 1.80. The molecule has 1 aromatic heterocycles. The molecule has 0 fully saturated rings. The van der Waals surface area contributed by atoms with Crippen molar-refractivity contribution in [2.45, 2.75) is 19.4 Å². The molecule has 2 heterocycles. The molecule has 0 atom stereocenters. The molecular weight excluding hydrogens is 270 g/mol. The number of ether oxygens (including phenoxy) is 2. The minimum absolute atomic E-state index is 0.0871. The van der Waals surface area contributed by atoms with Crippen molar-refractivity contribution in [1.29, 1.82) is 0 Å². The molecule has 5 nitrogen and oxygen atoms in total. The number of fused-ring (bicyclic) bond motifs is 1. The zero-order valence-electron chi connectivity index (χ0n) is 11.9. The van der Waals surface area contributed by atoms with Gasteiger partial charge in [-0.3, -0.25) is 4.79 Å². The number of amides is 1. The van der Waals surface area contributed by atoms with Gasteiger partial charge in [-0.2, -0.15) is 0 Å². The molecule has 21 heavy (non-hydrogen) atoms. The third-order valence-electron chi connectivity index (χ3n) is 3.45. The van der Waals surface area contributed by atoms with Crippen molar-refractivity contribution in [2.24, 2.45) is 0 Å². The quantitative estimate of drug-likeness (QED) is 0.848. The highest BCUT2D eigenvalue weighted by Crippen LogP contribution is 2.32. The van der Waals surface area contributed by atoms with Gasteiger partial charge in [-0.15, -0.1) is 0 Å². The molecule has 5 heteroatoms. The second kappa shape index (κ2) is 5.91. The highest BCUT2D eigenvalue weighted by atomic mass is 16.7. The predicted octanol–water partition coefficient (Wildman–Crippen LogP) is 2.60. The summed E-state index contributed by atoms with van der Waals surface area (Å²) in [4.78, 5) is 13.8. The van der Waals surface area contributed by atoms with Crippen LogP contribution in [0.1, 0.15) is 17.7 Å². The number of aryl methyl sites for hydroxylation is 1. The van der Waals surface area contributed by atoms with Crippen LogP contribution < -0.4 is 9.47 Å². The third kappa shape index (κ3) is 3.18. The molecule has 2 aromatic rings. The molecule has 0 saturated carbocycles. The van der Waals surface area contributed by atoms with Gasteiger partial charge in [0.1, 0.15) is 5.76 Å². The smallest absolute Gasteiger partial charge is 0.231 e. The van der Waals surface area contributed by atoms with E-state index in [0.717, 1.165) is 22.8 Å². The van der Waals surface area contributed by atoms with Crippen molar-refractivity contribution in [3.8, 4) is 11.5 Å². The number of carbonyl (C=O) groups is 1. The monoisotopic (exact) mass is 287 g/mol. The Balaban J connectivity index is 1.55. The molecule has 0 spiro atoms. The Bertz CT molecular complexity index is 621. The summed E-state index contributed by atoms with van der Waals surface area (Å²) in [6.07, 6.45) is 2.68. The largest absolute Gasteiger partial charge is 0.469 e.